The third kappa shape index (κ3) is 6.36. The second-order valence-electron chi connectivity index (χ2n) is 15.0. The molecule has 0 spiro atoms. The summed E-state index contributed by atoms with van der Waals surface area (Å²) in [5, 5.41) is 7.14. The third-order valence-corrected chi connectivity index (χ3v) is 11.4. The largest absolute Gasteiger partial charge is 0.456 e. The fourth-order valence-electron chi connectivity index (χ4n) is 8.52. The van der Waals surface area contributed by atoms with Crippen molar-refractivity contribution in [1.29, 1.82) is 0 Å². The van der Waals surface area contributed by atoms with Crippen LogP contribution in [0.3, 0.4) is 0 Å². The quantitative estimate of drug-likeness (QED) is 0.144. The summed E-state index contributed by atoms with van der Waals surface area (Å²) >= 11 is 0. The lowest BCUT2D eigenvalue weighted by molar-refractivity contribution is 0.669. The molecule has 0 aliphatic heterocycles. The van der Waals surface area contributed by atoms with Crippen molar-refractivity contribution < 1.29 is 4.42 Å². The van der Waals surface area contributed by atoms with Crippen LogP contribution in [0, 0.1) is 0 Å². The van der Waals surface area contributed by atoms with Crippen LogP contribution in [0.2, 0.25) is 0 Å². The van der Waals surface area contributed by atoms with Crippen molar-refractivity contribution >= 4 is 77.6 Å². The van der Waals surface area contributed by atoms with Gasteiger partial charge in [-0.25, -0.2) is 0 Å². The van der Waals surface area contributed by atoms with Crippen molar-refractivity contribution in [1.82, 2.24) is 0 Å². The van der Waals surface area contributed by atoms with E-state index >= 15 is 0 Å². The van der Waals surface area contributed by atoms with Gasteiger partial charge in [0.2, 0.25) is 0 Å². The Morgan fingerprint density at radius 1 is 0.237 bits per heavy atom. The molecule has 0 fully saturated rings. The highest BCUT2D eigenvalue weighted by Gasteiger charge is 2.18. The summed E-state index contributed by atoms with van der Waals surface area (Å²) in [5.74, 6) is 0. The SMILES string of the molecule is c1ccc(-c2ccc(N(c3ccc(-c4ccc5c(ccc6cc7c(cc65)oc5ccccc57)c4)cc3)c3cccc(N(c4ccccc4)c4ccccc4)c3)cc2)cc1. The number of para-hydroxylation sites is 3. The lowest BCUT2D eigenvalue weighted by atomic mass is 9.96. The first-order valence-corrected chi connectivity index (χ1v) is 20.1. The smallest absolute Gasteiger partial charge is 0.136 e. The van der Waals surface area contributed by atoms with Crippen LogP contribution in [0.25, 0.3) is 65.7 Å². The molecule has 0 N–H and O–H groups in total. The molecule has 10 aromatic carbocycles. The minimum Gasteiger partial charge on any atom is -0.456 e. The van der Waals surface area contributed by atoms with Gasteiger partial charge in [-0.1, -0.05) is 140 Å². The molecule has 0 atom stereocenters. The Labute approximate surface area is 343 Å². The predicted octanol–water partition coefficient (Wildman–Crippen LogP) is 16.2. The summed E-state index contributed by atoms with van der Waals surface area (Å²) in [6.07, 6.45) is 0. The summed E-state index contributed by atoms with van der Waals surface area (Å²) in [7, 11) is 0. The van der Waals surface area contributed by atoms with Gasteiger partial charge in [0.1, 0.15) is 11.2 Å². The molecule has 0 aliphatic rings. The third-order valence-electron chi connectivity index (χ3n) is 11.4. The van der Waals surface area contributed by atoms with Gasteiger partial charge in [-0.2, -0.15) is 0 Å². The van der Waals surface area contributed by atoms with Crippen molar-refractivity contribution in [3.63, 3.8) is 0 Å². The molecule has 0 unspecified atom stereocenters. The summed E-state index contributed by atoms with van der Waals surface area (Å²) in [4.78, 5) is 4.66. The van der Waals surface area contributed by atoms with Crippen LogP contribution in [-0.4, -0.2) is 0 Å². The number of anilines is 6. The standard InChI is InChI=1S/C56H38N2O/c1-4-13-39(14-5-1)40-25-30-47(31-26-40)58(50-20-12-19-49(37-50)57(45-15-6-2-7-16-45)46-17-8-3-9-18-46)48-32-27-41(28-33-48)42-29-34-51-43(35-42)23-24-44-36-54-52-21-10-11-22-55(52)59-56(54)38-53(44)51/h1-38H. The number of rotatable bonds is 8. The summed E-state index contributed by atoms with van der Waals surface area (Å²) in [6, 6.07) is 82.4. The van der Waals surface area contributed by atoms with Gasteiger partial charge in [0.15, 0.2) is 0 Å². The van der Waals surface area contributed by atoms with Gasteiger partial charge < -0.3 is 14.2 Å². The Hall–Kier alpha value is -7.88. The topological polar surface area (TPSA) is 19.6 Å². The highest BCUT2D eigenvalue weighted by atomic mass is 16.3. The van der Waals surface area contributed by atoms with Gasteiger partial charge in [0.25, 0.3) is 0 Å². The number of nitrogens with zero attached hydrogens (tertiary/aromatic N) is 2. The Morgan fingerprint density at radius 3 is 1.34 bits per heavy atom. The molecule has 0 radical (unpaired) electrons. The molecule has 278 valence electrons. The minimum atomic E-state index is 0.920. The van der Waals surface area contributed by atoms with Crippen LogP contribution in [-0.2, 0) is 0 Å². The summed E-state index contributed by atoms with van der Waals surface area (Å²) in [6.45, 7) is 0. The van der Waals surface area contributed by atoms with E-state index in [2.05, 4.69) is 228 Å². The van der Waals surface area contributed by atoms with E-state index in [-0.39, 0.29) is 0 Å². The van der Waals surface area contributed by atoms with E-state index in [0.29, 0.717) is 0 Å². The maximum atomic E-state index is 6.28. The number of furan rings is 1. The average molecular weight is 755 g/mol. The first-order valence-electron chi connectivity index (χ1n) is 20.1. The minimum absolute atomic E-state index is 0.920. The van der Waals surface area contributed by atoms with E-state index in [1.54, 1.807) is 0 Å². The first-order chi connectivity index (χ1) is 29.2. The molecule has 3 heteroatoms. The van der Waals surface area contributed by atoms with Crippen LogP contribution in [0.15, 0.2) is 235 Å². The second-order valence-corrected chi connectivity index (χ2v) is 15.0. The maximum absolute atomic E-state index is 6.28. The van der Waals surface area contributed by atoms with E-state index in [1.807, 2.05) is 12.1 Å². The molecule has 0 bridgehead atoms. The first kappa shape index (κ1) is 34.4. The number of hydrogen-bond donors (Lipinski definition) is 0. The van der Waals surface area contributed by atoms with Crippen LogP contribution >= 0.6 is 0 Å². The van der Waals surface area contributed by atoms with Crippen molar-refractivity contribution in [3.05, 3.63) is 231 Å². The normalized spacial score (nSPS) is 11.4. The van der Waals surface area contributed by atoms with Crippen molar-refractivity contribution in [3.8, 4) is 22.3 Å². The van der Waals surface area contributed by atoms with Gasteiger partial charge in [0.05, 0.1) is 0 Å². The fraction of sp³-hybridized carbons (Fsp3) is 0. The molecule has 1 heterocycles. The second kappa shape index (κ2) is 14.6. The number of hydrogen-bond acceptors (Lipinski definition) is 3. The van der Waals surface area contributed by atoms with Crippen molar-refractivity contribution in [2.45, 2.75) is 0 Å². The molecule has 1 aromatic heterocycles. The van der Waals surface area contributed by atoms with E-state index in [1.165, 1.54) is 38.2 Å². The summed E-state index contributed by atoms with van der Waals surface area (Å²) in [5.41, 5.74) is 13.1. The van der Waals surface area contributed by atoms with E-state index < -0.39 is 0 Å². The average Bonchev–Trinajstić information content (AvgIpc) is 3.67. The fourth-order valence-corrected chi connectivity index (χ4v) is 8.52. The monoisotopic (exact) mass is 754 g/mol. The van der Waals surface area contributed by atoms with Crippen LogP contribution < -0.4 is 9.80 Å². The maximum Gasteiger partial charge on any atom is 0.136 e. The van der Waals surface area contributed by atoms with E-state index in [0.717, 1.165) is 61.6 Å². The van der Waals surface area contributed by atoms with Crippen LogP contribution in [0.1, 0.15) is 0 Å². The molecule has 3 nitrogen and oxygen atoms in total. The lowest BCUT2D eigenvalue weighted by Gasteiger charge is -2.29. The Kier molecular flexibility index (Phi) is 8.49. The highest BCUT2D eigenvalue weighted by molar-refractivity contribution is 6.16. The highest BCUT2D eigenvalue weighted by Crippen LogP contribution is 2.42. The van der Waals surface area contributed by atoms with Gasteiger partial charge in [-0.15, -0.1) is 0 Å². The zero-order chi connectivity index (χ0) is 39.1. The van der Waals surface area contributed by atoms with E-state index in [4.69, 9.17) is 4.42 Å². The molecule has 59 heavy (non-hydrogen) atoms. The Morgan fingerprint density at radius 2 is 0.712 bits per heavy atom. The van der Waals surface area contributed by atoms with Gasteiger partial charge in [-0.3, -0.25) is 0 Å². The van der Waals surface area contributed by atoms with Crippen molar-refractivity contribution in [2.75, 3.05) is 9.80 Å². The van der Waals surface area contributed by atoms with Crippen LogP contribution in [0.5, 0.6) is 0 Å². The number of benzene rings is 10. The van der Waals surface area contributed by atoms with Gasteiger partial charge >= 0.3 is 0 Å². The van der Waals surface area contributed by atoms with Gasteiger partial charge in [-0.05, 0) is 135 Å². The summed E-state index contributed by atoms with van der Waals surface area (Å²) < 4.78 is 6.28. The van der Waals surface area contributed by atoms with Gasteiger partial charge in [0, 0.05) is 44.9 Å². The zero-order valence-electron chi connectivity index (χ0n) is 32.2. The Bertz CT molecular complexity index is 3210. The number of fused-ring (bicyclic) bond motifs is 6. The van der Waals surface area contributed by atoms with Crippen molar-refractivity contribution in [2.24, 2.45) is 0 Å². The molecule has 11 aromatic rings. The molecule has 0 aliphatic carbocycles. The molecule has 0 saturated heterocycles. The van der Waals surface area contributed by atoms with Crippen LogP contribution in [0.4, 0.5) is 34.1 Å². The molecule has 11 rings (SSSR count). The molecule has 0 amide bonds. The predicted molar refractivity (Wildman–Crippen MR) is 249 cm³/mol. The van der Waals surface area contributed by atoms with E-state index in [9.17, 15) is 0 Å². The Balaban J connectivity index is 0.982. The molecule has 0 saturated carbocycles. The lowest BCUT2D eigenvalue weighted by Crippen LogP contribution is -2.13. The zero-order valence-corrected chi connectivity index (χ0v) is 32.2. The molecular formula is C56H38N2O. The molecular weight excluding hydrogens is 717 g/mol.